The molecule has 21 heavy (non-hydrogen) atoms. The van der Waals surface area contributed by atoms with Gasteiger partial charge in [-0.3, -0.25) is 4.79 Å². The molecule has 0 aliphatic heterocycles. The van der Waals surface area contributed by atoms with E-state index in [1.165, 1.54) is 13.0 Å². The largest absolute Gasteiger partial charge is 0.548 e. The van der Waals surface area contributed by atoms with Gasteiger partial charge in [-0.15, -0.1) is 0 Å². The highest BCUT2D eigenvalue weighted by molar-refractivity contribution is 7.91. The fourth-order valence-electron chi connectivity index (χ4n) is 1.39. The number of hydrogen-bond acceptors (Lipinski definition) is 7. The zero-order valence-electron chi connectivity index (χ0n) is 11.2. The molecule has 1 aromatic rings. The summed E-state index contributed by atoms with van der Waals surface area (Å²) in [6.45, 7) is 0.149. The number of amides is 1. The summed E-state index contributed by atoms with van der Waals surface area (Å²) in [6, 6.07) is 3.47. The van der Waals surface area contributed by atoms with Crippen molar-refractivity contribution in [2.24, 2.45) is 0 Å². The molecule has 9 heteroatoms. The fourth-order valence-corrected chi connectivity index (χ4v) is 2.29. The van der Waals surface area contributed by atoms with E-state index >= 15 is 0 Å². The van der Waals surface area contributed by atoms with Crippen molar-refractivity contribution in [3.05, 3.63) is 18.2 Å². The third-order valence-corrected chi connectivity index (χ3v) is 4.17. The number of ether oxygens (including phenoxy) is 1. The van der Waals surface area contributed by atoms with Gasteiger partial charge in [0.25, 0.3) is 0 Å². The van der Waals surface area contributed by atoms with Crippen LogP contribution in [0.1, 0.15) is 6.92 Å². The predicted octanol–water partition coefficient (Wildman–Crippen LogP) is -1.11. The number of anilines is 1. The number of hydrogen-bond donors (Lipinski definition) is 2. The number of rotatable bonds is 7. The smallest absolute Gasteiger partial charge is 0.250 e. The first-order chi connectivity index (χ1) is 9.76. The van der Waals surface area contributed by atoms with Crippen LogP contribution in [0.2, 0.25) is 0 Å². The van der Waals surface area contributed by atoms with E-state index < -0.39 is 34.9 Å². The molecule has 0 atom stereocenters. The molecule has 0 aliphatic carbocycles. The van der Waals surface area contributed by atoms with Crippen LogP contribution >= 0.6 is 0 Å². The highest BCUT2D eigenvalue weighted by Gasteiger charge is 2.15. The number of benzene rings is 1. The number of aromatic hydroxyl groups is 1. The van der Waals surface area contributed by atoms with Crippen LogP contribution in [0.4, 0.5) is 5.69 Å². The Kier molecular flexibility index (Phi) is 5.68. The van der Waals surface area contributed by atoms with Crippen LogP contribution in [-0.4, -0.2) is 44.4 Å². The summed E-state index contributed by atoms with van der Waals surface area (Å²) >= 11 is 0. The first kappa shape index (κ1) is 16.9. The van der Waals surface area contributed by atoms with E-state index in [1.807, 2.05) is 0 Å². The number of phenolic OH excluding ortho intramolecular Hbond substituents is 1. The summed E-state index contributed by atoms with van der Waals surface area (Å²) in [5.41, 5.74) is -0.105. The second-order valence-corrected chi connectivity index (χ2v) is 6.27. The average Bonchev–Trinajstić information content (AvgIpc) is 2.40. The Hall–Kier alpha value is -2.13. The van der Waals surface area contributed by atoms with E-state index in [4.69, 9.17) is 0 Å². The van der Waals surface area contributed by atoms with Crippen LogP contribution in [0.5, 0.6) is 5.75 Å². The molecule has 2 N–H and O–H groups in total. The molecule has 0 radical (unpaired) electrons. The standard InChI is InChI=1S/C12H15NO7S/c1-2-21(18,19)8-3-4-10(14)9(5-8)13-11(15)6-20-7-12(16)17/h3-5,14H,2,6-7H2,1H3,(H,13,15)(H,16,17)/p-1. The monoisotopic (exact) mass is 316 g/mol. The van der Waals surface area contributed by atoms with Gasteiger partial charge in [-0.05, 0) is 18.2 Å². The van der Waals surface area contributed by atoms with E-state index in [1.54, 1.807) is 0 Å². The molecule has 0 saturated carbocycles. The maximum Gasteiger partial charge on any atom is 0.250 e. The number of carbonyl (C=O) groups is 2. The van der Waals surface area contributed by atoms with E-state index in [0.717, 1.165) is 12.1 Å². The first-order valence-corrected chi connectivity index (χ1v) is 7.54. The van der Waals surface area contributed by atoms with E-state index in [2.05, 4.69) is 10.1 Å². The third-order valence-electron chi connectivity index (χ3n) is 2.43. The lowest BCUT2D eigenvalue weighted by atomic mass is 10.3. The van der Waals surface area contributed by atoms with Gasteiger partial charge in [0.2, 0.25) is 5.91 Å². The van der Waals surface area contributed by atoms with Crippen LogP contribution in [0.25, 0.3) is 0 Å². The molecule has 1 aromatic carbocycles. The summed E-state index contributed by atoms with van der Waals surface area (Å²) in [5, 5.41) is 21.9. The van der Waals surface area contributed by atoms with Crippen LogP contribution in [0.15, 0.2) is 23.1 Å². The lowest BCUT2D eigenvalue weighted by Gasteiger charge is -2.10. The van der Waals surface area contributed by atoms with Gasteiger partial charge in [-0.1, -0.05) is 6.92 Å². The van der Waals surface area contributed by atoms with Crippen molar-refractivity contribution in [3.63, 3.8) is 0 Å². The molecule has 116 valence electrons. The van der Waals surface area contributed by atoms with Gasteiger partial charge in [0, 0.05) is 0 Å². The van der Waals surface area contributed by atoms with Crippen LogP contribution in [-0.2, 0) is 24.2 Å². The van der Waals surface area contributed by atoms with Gasteiger partial charge in [-0.2, -0.15) is 0 Å². The number of aliphatic carboxylic acids is 1. The SMILES string of the molecule is CCS(=O)(=O)c1ccc(O)c(NC(=O)COCC(=O)[O-])c1. The highest BCUT2D eigenvalue weighted by Crippen LogP contribution is 2.26. The van der Waals surface area contributed by atoms with Crippen molar-refractivity contribution in [2.75, 3.05) is 24.3 Å². The zero-order chi connectivity index (χ0) is 16.0. The molecule has 0 heterocycles. The summed E-state index contributed by atoms with van der Waals surface area (Å²) in [4.78, 5) is 21.5. The van der Waals surface area contributed by atoms with Crippen molar-refractivity contribution >= 4 is 27.4 Å². The van der Waals surface area contributed by atoms with Crippen LogP contribution in [0, 0.1) is 0 Å². The number of nitrogens with one attached hydrogen (secondary N) is 1. The Bertz CT molecular complexity index is 639. The normalized spacial score (nSPS) is 11.1. The molecular formula is C12H14NO7S-. The van der Waals surface area contributed by atoms with E-state index in [9.17, 15) is 28.2 Å². The molecule has 0 aliphatic rings. The lowest BCUT2D eigenvalue weighted by molar-refractivity contribution is -0.309. The van der Waals surface area contributed by atoms with Crippen molar-refractivity contribution in [2.45, 2.75) is 11.8 Å². The van der Waals surface area contributed by atoms with Crippen molar-refractivity contribution in [1.29, 1.82) is 0 Å². The Morgan fingerprint density at radius 1 is 1.33 bits per heavy atom. The summed E-state index contributed by atoms with van der Waals surface area (Å²) < 4.78 is 27.9. The minimum Gasteiger partial charge on any atom is -0.548 e. The lowest BCUT2D eigenvalue weighted by Crippen LogP contribution is -2.29. The highest BCUT2D eigenvalue weighted by atomic mass is 32.2. The van der Waals surface area contributed by atoms with Crippen molar-refractivity contribution in [1.82, 2.24) is 0 Å². The molecular weight excluding hydrogens is 302 g/mol. The zero-order valence-corrected chi connectivity index (χ0v) is 12.0. The van der Waals surface area contributed by atoms with Crippen molar-refractivity contribution in [3.8, 4) is 5.75 Å². The molecule has 0 aromatic heterocycles. The first-order valence-electron chi connectivity index (χ1n) is 5.89. The quantitative estimate of drug-likeness (QED) is 0.609. The molecule has 8 nitrogen and oxygen atoms in total. The van der Waals surface area contributed by atoms with Crippen LogP contribution < -0.4 is 10.4 Å². The number of carboxylic acids is 1. The molecule has 0 fully saturated rings. The van der Waals surface area contributed by atoms with Gasteiger partial charge in [0.05, 0.1) is 28.9 Å². The molecule has 0 spiro atoms. The molecule has 0 unspecified atom stereocenters. The number of carbonyl (C=O) groups excluding carboxylic acids is 2. The molecule has 1 rings (SSSR count). The third kappa shape index (κ3) is 5.04. The second kappa shape index (κ2) is 7.04. The Morgan fingerprint density at radius 3 is 2.57 bits per heavy atom. The van der Waals surface area contributed by atoms with Crippen LogP contribution in [0.3, 0.4) is 0 Å². The Balaban J connectivity index is 2.81. The maximum atomic E-state index is 11.7. The van der Waals surface area contributed by atoms with Gasteiger partial charge in [0.1, 0.15) is 12.4 Å². The Morgan fingerprint density at radius 2 is 2.00 bits per heavy atom. The second-order valence-electron chi connectivity index (χ2n) is 4.00. The van der Waals surface area contributed by atoms with Gasteiger partial charge in [0.15, 0.2) is 9.84 Å². The van der Waals surface area contributed by atoms with Gasteiger partial charge >= 0.3 is 0 Å². The fraction of sp³-hybridized carbons (Fsp3) is 0.333. The Labute approximate surface area is 121 Å². The van der Waals surface area contributed by atoms with E-state index in [-0.39, 0.29) is 22.1 Å². The number of carboxylic acid groups (broad SMARTS) is 1. The predicted molar refractivity (Wildman–Crippen MR) is 70.3 cm³/mol. The molecule has 1 amide bonds. The summed E-state index contributed by atoms with van der Waals surface area (Å²) in [6.07, 6.45) is 0. The van der Waals surface area contributed by atoms with Gasteiger partial charge < -0.3 is 25.1 Å². The minimum absolute atomic E-state index is 0.0474. The summed E-state index contributed by atoms with van der Waals surface area (Å²) in [5.74, 6) is -2.66. The molecule has 0 saturated heterocycles. The topological polar surface area (TPSA) is 133 Å². The average molecular weight is 316 g/mol. The summed E-state index contributed by atoms with van der Waals surface area (Å²) in [7, 11) is -3.48. The molecule has 0 bridgehead atoms. The van der Waals surface area contributed by atoms with E-state index in [0.29, 0.717) is 0 Å². The maximum absolute atomic E-state index is 11.7. The minimum atomic E-state index is -3.48. The van der Waals surface area contributed by atoms with Gasteiger partial charge in [-0.25, -0.2) is 8.42 Å². The number of phenols is 1. The number of sulfone groups is 1. The van der Waals surface area contributed by atoms with Crippen molar-refractivity contribution < 1.29 is 33.0 Å².